The van der Waals surface area contributed by atoms with Crippen molar-refractivity contribution in [2.75, 3.05) is 0 Å². The Bertz CT molecular complexity index is 720. The lowest BCUT2D eigenvalue weighted by Gasteiger charge is -2.11. The van der Waals surface area contributed by atoms with E-state index >= 15 is 0 Å². The van der Waals surface area contributed by atoms with Gasteiger partial charge in [-0.05, 0) is 43.2 Å². The quantitative estimate of drug-likeness (QED) is 0.847. The highest BCUT2D eigenvalue weighted by molar-refractivity contribution is 5.94. The van der Waals surface area contributed by atoms with Gasteiger partial charge in [-0.25, -0.2) is 0 Å². The molecule has 1 heterocycles. The molecular weight excluding hydrogens is 302 g/mol. The molecule has 1 atom stereocenters. The van der Waals surface area contributed by atoms with E-state index in [1.807, 2.05) is 38.1 Å². The number of carbonyl (C=O) groups excluding carboxylic acids is 1. The maximum atomic E-state index is 12.2. The average Bonchev–Trinajstić information content (AvgIpc) is 2.61. The molecule has 124 valence electrons. The van der Waals surface area contributed by atoms with Gasteiger partial charge in [0.2, 0.25) is 0 Å². The molecule has 2 rings (SSSR count). The van der Waals surface area contributed by atoms with Gasteiger partial charge in [0.05, 0.1) is 12.3 Å². The molecule has 0 saturated heterocycles. The number of aromatic nitrogens is 1. The Morgan fingerprint density at radius 1 is 1.38 bits per heavy atom. The number of aryl methyl sites for hydroxylation is 1. The molecule has 2 aromatic rings. The van der Waals surface area contributed by atoms with Crippen LogP contribution in [0.3, 0.4) is 0 Å². The van der Waals surface area contributed by atoms with Gasteiger partial charge >= 0.3 is 0 Å². The van der Waals surface area contributed by atoms with Crippen LogP contribution in [0.15, 0.2) is 42.6 Å². The summed E-state index contributed by atoms with van der Waals surface area (Å²) in [4.78, 5) is 16.4. The first-order valence-electron chi connectivity index (χ1n) is 7.97. The van der Waals surface area contributed by atoms with E-state index in [2.05, 4.69) is 16.4 Å². The van der Waals surface area contributed by atoms with Gasteiger partial charge in [0.1, 0.15) is 18.4 Å². The van der Waals surface area contributed by atoms with Crippen LogP contribution < -0.4 is 10.1 Å². The number of hydrogen-bond donors (Lipinski definition) is 1. The molecule has 0 aliphatic carbocycles. The summed E-state index contributed by atoms with van der Waals surface area (Å²) in [5, 5.41) is 11.8. The number of benzene rings is 1. The highest BCUT2D eigenvalue weighted by Gasteiger charge is 2.12. The summed E-state index contributed by atoms with van der Waals surface area (Å²) >= 11 is 0. The van der Waals surface area contributed by atoms with Crippen LogP contribution in [0.2, 0.25) is 0 Å². The van der Waals surface area contributed by atoms with Gasteiger partial charge < -0.3 is 10.1 Å². The van der Waals surface area contributed by atoms with Gasteiger partial charge in [-0.3, -0.25) is 9.78 Å². The fourth-order valence-electron chi connectivity index (χ4n) is 2.21. The van der Waals surface area contributed by atoms with Crippen molar-refractivity contribution in [3.63, 3.8) is 0 Å². The van der Waals surface area contributed by atoms with Crippen LogP contribution in [0, 0.1) is 18.3 Å². The van der Waals surface area contributed by atoms with Crippen LogP contribution in [0.5, 0.6) is 5.75 Å². The van der Waals surface area contributed by atoms with E-state index in [1.54, 1.807) is 18.3 Å². The predicted octanol–water partition coefficient (Wildman–Crippen LogP) is 3.39. The maximum Gasteiger partial charge on any atom is 0.252 e. The van der Waals surface area contributed by atoms with E-state index in [4.69, 9.17) is 10.00 Å². The van der Waals surface area contributed by atoms with E-state index in [1.165, 1.54) is 0 Å². The number of nitriles is 1. The van der Waals surface area contributed by atoms with Crippen LogP contribution in [-0.4, -0.2) is 16.9 Å². The molecule has 0 unspecified atom stereocenters. The lowest BCUT2D eigenvalue weighted by molar-refractivity contribution is 0.0943. The molecular formula is C19H21N3O2. The van der Waals surface area contributed by atoms with Crippen molar-refractivity contribution in [3.05, 3.63) is 59.4 Å². The fourth-order valence-corrected chi connectivity index (χ4v) is 2.21. The van der Waals surface area contributed by atoms with E-state index in [0.29, 0.717) is 24.3 Å². The van der Waals surface area contributed by atoms with E-state index in [9.17, 15) is 4.79 Å². The number of hydrogen-bond acceptors (Lipinski definition) is 4. The Hall–Kier alpha value is -2.87. The third kappa shape index (κ3) is 5.10. The van der Waals surface area contributed by atoms with Crippen molar-refractivity contribution in [2.24, 2.45) is 0 Å². The van der Waals surface area contributed by atoms with Crippen molar-refractivity contribution >= 4 is 5.91 Å². The summed E-state index contributed by atoms with van der Waals surface area (Å²) in [6.45, 7) is 4.25. The van der Waals surface area contributed by atoms with Crippen molar-refractivity contribution in [2.45, 2.75) is 39.3 Å². The summed E-state index contributed by atoms with van der Waals surface area (Å²) in [5.41, 5.74) is 2.34. The molecule has 0 saturated carbocycles. The minimum absolute atomic E-state index is 0.242. The molecule has 5 heteroatoms. The number of amides is 1. The first kappa shape index (κ1) is 17.5. The summed E-state index contributed by atoms with van der Waals surface area (Å²) < 4.78 is 5.68. The van der Waals surface area contributed by atoms with Crippen molar-refractivity contribution in [3.8, 4) is 11.8 Å². The summed E-state index contributed by atoms with van der Waals surface area (Å²) in [7, 11) is 0. The second kappa shape index (κ2) is 8.68. The van der Waals surface area contributed by atoms with Gasteiger partial charge in [0.15, 0.2) is 0 Å². The Kier molecular flexibility index (Phi) is 6.32. The second-order valence-corrected chi connectivity index (χ2v) is 5.57. The Balaban J connectivity index is 1.99. The predicted molar refractivity (Wildman–Crippen MR) is 91.5 cm³/mol. The molecule has 1 amide bonds. The van der Waals surface area contributed by atoms with Gasteiger partial charge in [0.25, 0.3) is 5.91 Å². The molecule has 1 aromatic heterocycles. The van der Waals surface area contributed by atoms with E-state index in [-0.39, 0.29) is 5.91 Å². The molecule has 0 bridgehead atoms. The Morgan fingerprint density at radius 3 is 2.88 bits per heavy atom. The first-order chi connectivity index (χ1) is 11.6. The van der Waals surface area contributed by atoms with Crippen LogP contribution in [0.25, 0.3) is 0 Å². The molecule has 5 nitrogen and oxygen atoms in total. The smallest absolute Gasteiger partial charge is 0.252 e. The average molecular weight is 323 g/mol. The summed E-state index contributed by atoms with van der Waals surface area (Å²) in [6, 6.07) is 12.6. The van der Waals surface area contributed by atoms with Crippen LogP contribution in [0.4, 0.5) is 0 Å². The zero-order valence-corrected chi connectivity index (χ0v) is 14.0. The Labute approximate surface area is 142 Å². The lowest BCUT2D eigenvalue weighted by atomic mass is 10.1. The summed E-state index contributed by atoms with van der Waals surface area (Å²) in [6.07, 6.45) is 3.16. The summed E-state index contributed by atoms with van der Waals surface area (Å²) in [5.74, 6) is 0.441. The number of pyridine rings is 1. The minimum Gasteiger partial charge on any atom is -0.487 e. The van der Waals surface area contributed by atoms with Crippen LogP contribution in [-0.2, 0) is 6.61 Å². The van der Waals surface area contributed by atoms with Crippen LogP contribution in [0.1, 0.15) is 41.4 Å². The van der Waals surface area contributed by atoms with Crippen molar-refractivity contribution < 1.29 is 9.53 Å². The topological polar surface area (TPSA) is 75.0 Å². The van der Waals surface area contributed by atoms with E-state index < -0.39 is 6.04 Å². The lowest BCUT2D eigenvalue weighted by Crippen LogP contribution is -2.33. The SMILES string of the molecule is CCC[C@@H](C#N)NC(=O)c1cccc(COc2ccc(C)nc2)c1. The second-order valence-electron chi connectivity index (χ2n) is 5.57. The van der Waals surface area contributed by atoms with Gasteiger partial charge in [-0.2, -0.15) is 5.26 Å². The number of carbonyl (C=O) groups is 1. The number of ether oxygens (including phenoxy) is 1. The third-order valence-corrected chi connectivity index (χ3v) is 3.52. The van der Waals surface area contributed by atoms with Crippen LogP contribution >= 0.6 is 0 Å². The number of rotatable bonds is 7. The molecule has 0 radical (unpaired) electrons. The van der Waals surface area contributed by atoms with E-state index in [0.717, 1.165) is 17.7 Å². The monoisotopic (exact) mass is 323 g/mol. The largest absolute Gasteiger partial charge is 0.487 e. The van der Waals surface area contributed by atoms with Crippen molar-refractivity contribution in [1.82, 2.24) is 10.3 Å². The molecule has 0 aliphatic heterocycles. The first-order valence-corrected chi connectivity index (χ1v) is 7.97. The number of nitrogens with zero attached hydrogens (tertiary/aromatic N) is 2. The molecule has 1 N–H and O–H groups in total. The van der Waals surface area contributed by atoms with Gasteiger partial charge in [-0.15, -0.1) is 0 Å². The van der Waals surface area contributed by atoms with Gasteiger partial charge in [-0.1, -0.05) is 25.5 Å². The minimum atomic E-state index is -0.457. The zero-order chi connectivity index (χ0) is 17.4. The Morgan fingerprint density at radius 2 is 2.21 bits per heavy atom. The van der Waals surface area contributed by atoms with Gasteiger partial charge in [0, 0.05) is 11.3 Å². The highest BCUT2D eigenvalue weighted by atomic mass is 16.5. The number of nitrogens with one attached hydrogen (secondary N) is 1. The molecule has 1 aromatic carbocycles. The van der Waals surface area contributed by atoms with Crippen molar-refractivity contribution in [1.29, 1.82) is 5.26 Å². The normalized spacial score (nSPS) is 11.4. The standard InChI is InChI=1S/C19H21N3O2/c1-3-5-17(11-20)22-19(23)16-7-4-6-15(10-16)13-24-18-9-8-14(2)21-12-18/h4,6-10,12,17H,3,5,13H2,1-2H3,(H,22,23)/t17-/m0/s1. The fraction of sp³-hybridized carbons (Fsp3) is 0.316. The maximum absolute atomic E-state index is 12.2. The molecule has 0 spiro atoms. The molecule has 0 fully saturated rings. The molecule has 0 aliphatic rings. The zero-order valence-electron chi connectivity index (χ0n) is 14.0. The highest BCUT2D eigenvalue weighted by Crippen LogP contribution is 2.13. The third-order valence-electron chi connectivity index (χ3n) is 3.52. The molecule has 24 heavy (non-hydrogen) atoms.